The standard InChI is InChI=1S/C24H26N4O3/c1-31-24(30)21-6-2-5-20(16-21)22(27-14-9-18-7-12-25-13-8-18)23(29)28-15-10-19-4-3-11-26-17-19/h2-8,11-13,16-17,22,27H,9-10,14-15H2,1H3,(H,28,29). The number of aromatic nitrogens is 2. The van der Waals surface area contributed by atoms with Gasteiger partial charge in [0, 0.05) is 37.9 Å². The SMILES string of the molecule is COC(=O)c1cccc(C(NCCc2ccncc2)C(=O)NCCc2cccnc2)c1. The van der Waals surface area contributed by atoms with Gasteiger partial charge in [-0.15, -0.1) is 0 Å². The highest BCUT2D eigenvalue weighted by molar-refractivity contribution is 5.90. The molecule has 2 N–H and O–H groups in total. The highest BCUT2D eigenvalue weighted by Crippen LogP contribution is 2.16. The van der Waals surface area contributed by atoms with Gasteiger partial charge in [0.1, 0.15) is 6.04 Å². The van der Waals surface area contributed by atoms with Crippen LogP contribution in [0.1, 0.15) is 33.1 Å². The number of carbonyl (C=O) groups is 2. The van der Waals surface area contributed by atoms with Crippen molar-refractivity contribution in [2.45, 2.75) is 18.9 Å². The predicted molar refractivity (Wildman–Crippen MR) is 117 cm³/mol. The molecule has 1 unspecified atom stereocenters. The third-order valence-electron chi connectivity index (χ3n) is 4.85. The first kappa shape index (κ1) is 22.1. The zero-order valence-corrected chi connectivity index (χ0v) is 17.5. The van der Waals surface area contributed by atoms with Crippen molar-refractivity contribution in [2.24, 2.45) is 0 Å². The van der Waals surface area contributed by atoms with E-state index in [2.05, 4.69) is 20.6 Å². The van der Waals surface area contributed by atoms with Crippen LogP contribution in [0.15, 0.2) is 73.3 Å². The molecule has 0 radical (unpaired) electrons. The van der Waals surface area contributed by atoms with Gasteiger partial charge in [0.05, 0.1) is 12.7 Å². The monoisotopic (exact) mass is 418 g/mol. The Balaban J connectivity index is 1.68. The minimum absolute atomic E-state index is 0.152. The van der Waals surface area contributed by atoms with E-state index in [1.54, 1.807) is 43.0 Å². The summed E-state index contributed by atoms with van der Waals surface area (Å²) in [5.74, 6) is -0.588. The van der Waals surface area contributed by atoms with Crippen molar-refractivity contribution in [3.8, 4) is 0 Å². The number of pyridine rings is 2. The summed E-state index contributed by atoms with van der Waals surface area (Å²) in [7, 11) is 1.34. The van der Waals surface area contributed by atoms with Crippen LogP contribution in [0, 0.1) is 0 Å². The van der Waals surface area contributed by atoms with E-state index in [0.717, 1.165) is 17.5 Å². The lowest BCUT2D eigenvalue weighted by atomic mass is 10.0. The molecule has 1 amide bonds. The maximum absolute atomic E-state index is 13.0. The zero-order valence-electron chi connectivity index (χ0n) is 17.5. The predicted octanol–water partition coefficient (Wildman–Crippen LogP) is 2.50. The summed E-state index contributed by atoms with van der Waals surface area (Å²) in [6.07, 6.45) is 8.44. The number of nitrogens with zero attached hydrogens (tertiary/aromatic N) is 2. The molecule has 160 valence electrons. The van der Waals surface area contributed by atoms with E-state index in [0.29, 0.717) is 30.6 Å². The Bertz CT molecular complexity index is 980. The molecule has 2 aromatic heterocycles. The molecule has 0 spiro atoms. The number of rotatable bonds is 10. The Kier molecular flexibility index (Phi) is 8.25. The van der Waals surface area contributed by atoms with Crippen molar-refractivity contribution >= 4 is 11.9 Å². The number of methoxy groups -OCH3 is 1. The Morgan fingerprint density at radius 2 is 1.74 bits per heavy atom. The highest BCUT2D eigenvalue weighted by atomic mass is 16.5. The summed E-state index contributed by atoms with van der Waals surface area (Å²) in [4.78, 5) is 33.1. The van der Waals surface area contributed by atoms with E-state index in [9.17, 15) is 9.59 Å². The summed E-state index contributed by atoms with van der Waals surface area (Å²) in [6.45, 7) is 1.08. The zero-order chi connectivity index (χ0) is 21.9. The van der Waals surface area contributed by atoms with E-state index in [-0.39, 0.29) is 5.91 Å². The van der Waals surface area contributed by atoms with Crippen LogP contribution < -0.4 is 10.6 Å². The Morgan fingerprint density at radius 1 is 0.935 bits per heavy atom. The van der Waals surface area contributed by atoms with Gasteiger partial charge in [0.15, 0.2) is 0 Å². The van der Waals surface area contributed by atoms with Crippen LogP contribution in [0.3, 0.4) is 0 Å². The number of benzene rings is 1. The van der Waals surface area contributed by atoms with Gasteiger partial charge >= 0.3 is 5.97 Å². The molecule has 1 aromatic carbocycles. The molecule has 0 aliphatic heterocycles. The van der Waals surface area contributed by atoms with Crippen LogP contribution in [-0.4, -0.2) is 42.0 Å². The van der Waals surface area contributed by atoms with E-state index < -0.39 is 12.0 Å². The average Bonchev–Trinajstić information content (AvgIpc) is 2.82. The second-order valence-electron chi connectivity index (χ2n) is 7.01. The second kappa shape index (κ2) is 11.6. The topological polar surface area (TPSA) is 93.2 Å². The van der Waals surface area contributed by atoms with Crippen molar-refractivity contribution in [1.29, 1.82) is 0 Å². The van der Waals surface area contributed by atoms with Gasteiger partial charge in [-0.05, 0) is 59.9 Å². The Hall–Kier alpha value is -3.58. The smallest absolute Gasteiger partial charge is 0.337 e. The first-order chi connectivity index (χ1) is 15.2. The summed E-state index contributed by atoms with van der Waals surface area (Å²) >= 11 is 0. The number of carbonyl (C=O) groups excluding carboxylic acids is 2. The van der Waals surface area contributed by atoms with Crippen LogP contribution in [0.5, 0.6) is 0 Å². The number of esters is 1. The molecule has 0 saturated heterocycles. The van der Waals surface area contributed by atoms with Gasteiger partial charge in [0.25, 0.3) is 0 Å². The third-order valence-corrected chi connectivity index (χ3v) is 4.85. The van der Waals surface area contributed by atoms with Gasteiger partial charge < -0.3 is 15.4 Å². The molecule has 0 aliphatic carbocycles. The number of hydrogen-bond donors (Lipinski definition) is 2. The molecule has 0 fully saturated rings. The fourth-order valence-corrected chi connectivity index (χ4v) is 3.21. The molecule has 0 aliphatic rings. The van der Waals surface area contributed by atoms with E-state index in [1.807, 2.05) is 30.3 Å². The first-order valence-corrected chi connectivity index (χ1v) is 10.1. The summed E-state index contributed by atoms with van der Waals surface area (Å²) in [6, 6.07) is 14.1. The largest absolute Gasteiger partial charge is 0.465 e. The summed E-state index contributed by atoms with van der Waals surface area (Å²) in [5.41, 5.74) is 3.29. The normalized spacial score (nSPS) is 11.5. The van der Waals surface area contributed by atoms with Crippen molar-refractivity contribution < 1.29 is 14.3 Å². The van der Waals surface area contributed by atoms with Gasteiger partial charge in [-0.2, -0.15) is 0 Å². The molecular weight excluding hydrogens is 392 g/mol. The molecule has 3 rings (SSSR count). The second-order valence-corrected chi connectivity index (χ2v) is 7.01. The van der Waals surface area contributed by atoms with Gasteiger partial charge in [-0.1, -0.05) is 18.2 Å². The molecule has 7 nitrogen and oxygen atoms in total. The van der Waals surface area contributed by atoms with E-state index >= 15 is 0 Å². The molecular formula is C24H26N4O3. The molecule has 7 heteroatoms. The van der Waals surface area contributed by atoms with Gasteiger partial charge in [-0.25, -0.2) is 4.79 Å². The third kappa shape index (κ3) is 6.72. The fraction of sp³-hybridized carbons (Fsp3) is 0.250. The van der Waals surface area contributed by atoms with E-state index in [1.165, 1.54) is 7.11 Å². The molecule has 2 heterocycles. The average molecular weight is 418 g/mol. The minimum atomic E-state index is -0.597. The minimum Gasteiger partial charge on any atom is -0.465 e. The first-order valence-electron chi connectivity index (χ1n) is 10.1. The Morgan fingerprint density at radius 3 is 2.48 bits per heavy atom. The summed E-state index contributed by atoms with van der Waals surface area (Å²) < 4.78 is 4.81. The van der Waals surface area contributed by atoms with Crippen molar-refractivity contribution in [1.82, 2.24) is 20.6 Å². The van der Waals surface area contributed by atoms with Crippen molar-refractivity contribution in [2.75, 3.05) is 20.2 Å². The maximum Gasteiger partial charge on any atom is 0.337 e. The number of ether oxygens (including phenoxy) is 1. The molecule has 0 bridgehead atoms. The summed E-state index contributed by atoms with van der Waals surface area (Å²) in [5, 5.41) is 6.31. The van der Waals surface area contributed by atoms with Gasteiger partial charge in [0.2, 0.25) is 5.91 Å². The van der Waals surface area contributed by atoms with E-state index in [4.69, 9.17) is 4.74 Å². The van der Waals surface area contributed by atoms with Crippen LogP contribution >= 0.6 is 0 Å². The van der Waals surface area contributed by atoms with Crippen LogP contribution in [0.4, 0.5) is 0 Å². The lowest BCUT2D eigenvalue weighted by Crippen LogP contribution is -2.39. The number of hydrogen-bond acceptors (Lipinski definition) is 6. The Labute approximate surface area is 181 Å². The van der Waals surface area contributed by atoms with Crippen molar-refractivity contribution in [3.05, 3.63) is 95.6 Å². The van der Waals surface area contributed by atoms with Crippen LogP contribution in [-0.2, 0) is 22.4 Å². The highest BCUT2D eigenvalue weighted by Gasteiger charge is 2.21. The molecule has 3 aromatic rings. The number of nitrogens with one attached hydrogen (secondary N) is 2. The van der Waals surface area contributed by atoms with Crippen LogP contribution in [0.2, 0.25) is 0 Å². The molecule has 0 saturated carbocycles. The fourth-order valence-electron chi connectivity index (χ4n) is 3.21. The van der Waals surface area contributed by atoms with Crippen molar-refractivity contribution in [3.63, 3.8) is 0 Å². The quantitative estimate of drug-likeness (QED) is 0.492. The number of amides is 1. The van der Waals surface area contributed by atoms with Crippen LogP contribution in [0.25, 0.3) is 0 Å². The van der Waals surface area contributed by atoms with Gasteiger partial charge in [-0.3, -0.25) is 14.8 Å². The molecule has 31 heavy (non-hydrogen) atoms. The lowest BCUT2D eigenvalue weighted by molar-refractivity contribution is -0.123. The molecule has 1 atom stereocenters. The maximum atomic E-state index is 13.0. The lowest BCUT2D eigenvalue weighted by Gasteiger charge is -2.19.